The van der Waals surface area contributed by atoms with Crippen LogP contribution in [0, 0.1) is 0 Å². The van der Waals surface area contributed by atoms with Gasteiger partial charge in [0, 0.05) is 19.6 Å². The van der Waals surface area contributed by atoms with Crippen LogP contribution >= 0.6 is 0 Å². The Labute approximate surface area is 117 Å². The summed E-state index contributed by atoms with van der Waals surface area (Å²) in [5.41, 5.74) is 5.62. The first-order valence-corrected chi connectivity index (χ1v) is 7.46. The molecule has 0 unspecified atom stereocenters. The lowest BCUT2D eigenvalue weighted by Crippen LogP contribution is -2.47. The smallest absolute Gasteiger partial charge is 0.239 e. The number of hydrogen-bond acceptors (Lipinski definition) is 4. The van der Waals surface area contributed by atoms with E-state index in [0.29, 0.717) is 6.10 Å². The molecule has 0 radical (unpaired) electrons. The van der Waals surface area contributed by atoms with Crippen LogP contribution in [0.25, 0.3) is 0 Å². The first-order valence-electron chi connectivity index (χ1n) is 7.46. The highest BCUT2D eigenvalue weighted by molar-refractivity contribution is 5.81. The van der Waals surface area contributed by atoms with Gasteiger partial charge in [0.05, 0.1) is 18.8 Å². The maximum Gasteiger partial charge on any atom is 0.239 e. The van der Waals surface area contributed by atoms with Crippen molar-refractivity contribution >= 4 is 5.91 Å². The van der Waals surface area contributed by atoms with E-state index >= 15 is 0 Å². The summed E-state index contributed by atoms with van der Waals surface area (Å²) in [7, 11) is 0. The van der Waals surface area contributed by atoms with Crippen molar-refractivity contribution in [3.05, 3.63) is 0 Å². The van der Waals surface area contributed by atoms with Crippen molar-refractivity contribution in [1.82, 2.24) is 9.80 Å². The fraction of sp³-hybridized carbons (Fsp3) is 0.929. The number of amides is 1. The molecule has 1 amide bonds. The molecular weight excluding hydrogens is 242 g/mol. The van der Waals surface area contributed by atoms with E-state index in [9.17, 15) is 4.79 Å². The molecule has 0 aliphatic carbocycles. The highest BCUT2D eigenvalue weighted by atomic mass is 16.5. The molecule has 0 bridgehead atoms. The van der Waals surface area contributed by atoms with Gasteiger partial charge in [-0.2, -0.15) is 0 Å². The van der Waals surface area contributed by atoms with Crippen molar-refractivity contribution in [2.75, 3.05) is 39.3 Å². The molecule has 0 saturated carbocycles. The van der Waals surface area contributed by atoms with E-state index in [1.165, 1.54) is 0 Å². The normalized spacial score (nSPS) is 18.9. The Balaban J connectivity index is 2.18. The zero-order valence-corrected chi connectivity index (χ0v) is 12.6. The zero-order chi connectivity index (χ0) is 14.3. The van der Waals surface area contributed by atoms with Crippen LogP contribution in [0.5, 0.6) is 0 Å². The summed E-state index contributed by atoms with van der Waals surface area (Å²) in [5, 5.41) is 0. The van der Waals surface area contributed by atoms with Gasteiger partial charge < -0.3 is 20.3 Å². The van der Waals surface area contributed by atoms with Gasteiger partial charge in [-0.1, -0.05) is 13.8 Å². The average molecular weight is 271 g/mol. The SMILES string of the molecule is CCN(CC)CCOC1CCN(C(=O)[C@@H](C)N)CC1. The molecule has 0 aromatic heterocycles. The molecule has 1 heterocycles. The number of carbonyl (C=O) groups is 1. The van der Waals surface area contributed by atoms with Crippen LogP contribution in [-0.4, -0.2) is 67.2 Å². The minimum atomic E-state index is -0.389. The van der Waals surface area contributed by atoms with Crippen LogP contribution in [0.2, 0.25) is 0 Å². The van der Waals surface area contributed by atoms with E-state index in [1.54, 1.807) is 6.92 Å². The minimum absolute atomic E-state index is 0.0570. The quantitative estimate of drug-likeness (QED) is 0.740. The van der Waals surface area contributed by atoms with Gasteiger partial charge in [0.1, 0.15) is 0 Å². The number of hydrogen-bond donors (Lipinski definition) is 1. The standard InChI is InChI=1S/C14H29N3O2/c1-4-16(5-2)10-11-19-13-6-8-17(9-7-13)14(18)12(3)15/h12-13H,4-11,15H2,1-3H3/t12-/m1/s1. The maximum atomic E-state index is 11.7. The third kappa shape index (κ3) is 5.47. The summed E-state index contributed by atoms with van der Waals surface area (Å²) in [6.45, 7) is 11.5. The van der Waals surface area contributed by atoms with Gasteiger partial charge in [0.25, 0.3) is 0 Å². The lowest BCUT2D eigenvalue weighted by atomic mass is 10.1. The van der Waals surface area contributed by atoms with E-state index in [0.717, 1.165) is 52.2 Å². The Morgan fingerprint density at radius 3 is 2.42 bits per heavy atom. The largest absolute Gasteiger partial charge is 0.377 e. The molecule has 5 nitrogen and oxygen atoms in total. The zero-order valence-electron chi connectivity index (χ0n) is 12.6. The number of likely N-dealkylation sites (N-methyl/N-ethyl adjacent to an activating group) is 1. The first-order chi connectivity index (χ1) is 9.08. The number of nitrogens with two attached hydrogens (primary N) is 1. The van der Waals surface area contributed by atoms with Crippen LogP contribution in [0.4, 0.5) is 0 Å². The summed E-state index contributed by atoms with van der Waals surface area (Å²) in [6.07, 6.45) is 2.15. The molecular formula is C14H29N3O2. The summed E-state index contributed by atoms with van der Waals surface area (Å²) in [6, 6.07) is -0.389. The molecule has 19 heavy (non-hydrogen) atoms. The Bertz CT molecular complexity index is 259. The van der Waals surface area contributed by atoms with Crippen LogP contribution in [0.15, 0.2) is 0 Å². The molecule has 1 saturated heterocycles. The molecule has 1 aliphatic rings. The summed E-state index contributed by atoms with van der Waals surface area (Å²) in [5.74, 6) is 0.0570. The molecule has 1 aliphatic heterocycles. The van der Waals surface area contributed by atoms with Gasteiger partial charge in [-0.25, -0.2) is 0 Å². The Kier molecular flexibility index (Phi) is 7.34. The van der Waals surface area contributed by atoms with E-state index in [4.69, 9.17) is 10.5 Å². The second-order valence-electron chi connectivity index (χ2n) is 5.21. The van der Waals surface area contributed by atoms with Gasteiger partial charge in [-0.3, -0.25) is 4.79 Å². The molecule has 1 rings (SSSR count). The lowest BCUT2D eigenvalue weighted by Gasteiger charge is -2.33. The molecule has 5 heteroatoms. The molecule has 112 valence electrons. The number of carbonyl (C=O) groups excluding carboxylic acids is 1. The van der Waals surface area contributed by atoms with Crippen molar-refractivity contribution in [1.29, 1.82) is 0 Å². The molecule has 0 aromatic rings. The molecule has 0 spiro atoms. The molecule has 0 aromatic carbocycles. The Morgan fingerprint density at radius 2 is 1.95 bits per heavy atom. The third-order valence-corrected chi connectivity index (χ3v) is 3.80. The first kappa shape index (κ1) is 16.4. The number of ether oxygens (including phenoxy) is 1. The summed E-state index contributed by atoms with van der Waals surface area (Å²) in [4.78, 5) is 16.0. The van der Waals surface area contributed by atoms with Crippen molar-refractivity contribution in [2.24, 2.45) is 5.73 Å². The van der Waals surface area contributed by atoms with Crippen molar-refractivity contribution in [2.45, 2.75) is 45.8 Å². The van der Waals surface area contributed by atoms with Crippen LogP contribution < -0.4 is 5.73 Å². The summed E-state index contributed by atoms with van der Waals surface area (Å²) < 4.78 is 5.89. The van der Waals surface area contributed by atoms with Crippen LogP contribution in [0.3, 0.4) is 0 Å². The Morgan fingerprint density at radius 1 is 1.37 bits per heavy atom. The number of nitrogens with zero attached hydrogens (tertiary/aromatic N) is 2. The van der Waals surface area contributed by atoms with Crippen molar-refractivity contribution in [3.8, 4) is 0 Å². The molecule has 1 fully saturated rings. The van der Waals surface area contributed by atoms with Gasteiger partial charge in [-0.15, -0.1) is 0 Å². The van der Waals surface area contributed by atoms with Gasteiger partial charge >= 0.3 is 0 Å². The number of rotatable bonds is 7. The van der Waals surface area contributed by atoms with Crippen LogP contribution in [-0.2, 0) is 9.53 Å². The fourth-order valence-corrected chi connectivity index (χ4v) is 2.42. The highest BCUT2D eigenvalue weighted by Gasteiger charge is 2.24. The maximum absolute atomic E-state index is 11.7. The van der Waals surface area contributed by atoms with Crippen molar-refractivity contribution in [3.63, 3.8) is 0 Å². The second kappa shape index (κ2) is 8.51. The van der Waals surface area contributed by atoms with Crippen LogP contribution in [0.1, 0.15) is 33.6 Å². The van der Waals surface area contributed by atoms with E-state index in [2.05, 4.69) is 18.7 Å². The van der Waals surface area contributed by atoms with Crippen molar-refractivity contribution < 1.29 is 9.53 Å². The van der Waals surface area contributed by atoms with Gasteiger partial charge in [0.2, 0.25) is 5.91 Å². The summed E-state index contributed by atoms with van der Waals surface area (Å²) >= 11 is 0. The second-order valence-corrected chi connectivity index (χ2v) is 5.21. The minimum Gasteiger partial charge on any atom is -0.377 e. The highest BCUT2D eigenvalue weighted by Crippen LogP contribution is 2.14. The monoisotopic (exact) mass is 271 g/mol. The average Bonchev–Trinajstić information content (AvgIpc) is 2.43. The van der Waals surface area contributed by atoms with E-state index < -0.39 is 0 Å². The molecule has 1 atom stereocenters. The lowest BCUT2D eigenvalue weighted by molar-refractivity contribution is -0.134. The number of piperidine rings is 1. The predicted molar refractivity (Wildman–Crippen MR) is 77.0 cm³/mol. The topological polar surface area (TPSA) is 58.8 Å². The molecule has 2 N–H and O–H groups in total. The van der Waals surface area contributed by atoms with E-state index in [-0.39, 0.29) is 11.9 Å². The number of likely N-dealkylation sites (tertiary alicyclic amines) is 1. The Hall–Kier alpha value is -0.650. The fourth-order valence-electron chi connectivity index (χ4n) is 2.42. The third-order valence-electron chi connectivity index (χ3n) is 3.80. The van der Waals surface area contributed by atoms with Gasteiger partial charge in [-0.05, 0) is 32.9 Å². The van der Waals surface area contributed by atoms with Gasteiger partial charge in [0.15, 0.2) is 0 Å². The predicted octanol–water partition coefficient (Wildman–Crippen LogP) is 0.683. The van der Waals surface area contributed by atoms with E-state index in [1.807, 2.05) is 4.90 Å².